The van der Waals surface area contributed by atoms with Gasteiger partial charge in [0.25, 0.3) is 11.1 Å². The van der Waals surface area contributed by atoms with E-state index >= 15 is 0 Å². The minimum Gasteiger partial charge on any atom is -0.493 e. The van der Waals surface area contributed by atoms with E-state index in [0.717, 1.165) is 39.2 Å². The molecule has 0 aliphatic carbocycles. The van der Waals surface area contributed by atoms with Crippen molar-refractivity contribution >= 4 is 63.0 Å². The summed E-state index contributed by atoms with van der Waals surface area (Å²) in [5, 5.41) is 2.82. The van der Waals surface area contributed by atoms with E-state index in [1.54, 1.807) is 37.5 Å². The zero-order valence-corrected chi connectivity index (χ0v) is 22.1. The molecule has 0 saturated carbocycles. The van der Waals surface area contributed by atoms with E-state index in [2.05, 4.69) is 0 Å². The van der Waals surface area contributed by atoms with E-state index in [1.807, 2.05) is 54.6 Å². The van der Waals surface area contributed by atoms with Crippen LogP contribution in [0.4, 0.5) is 4.79 Å². The first-order valence-corrected chi connectivity index (χ1v) is 13.0. The lowest BCUT2D eigenvalue weighted by Gasteiger charge is -2.13. The fourth-order valence-corrected chi connectivity index (χ4v) is 5.15. The van der Waals surface area contributed by atoms with Crippen molar-refractivity contribution in [1.29, 1.82) is 0 Å². The van der Waals surface area contributed by atoms with E-state index in [-0.39, 0.29) is 24.3 Å². The van der Waals surface area contributed by atoms with Crippen LogP contribution in [0, 0.1) is 0 Å². The predicted octanol–water partition coefficient (Wildman–Crippen LogP) is 7.97. The van der Waals surface area contributed by atoms with Gasteiger partial charge in [0.15, 0.2) is 11.5 Å². The molecule has 5 nitrogen and oxygen atoms in total. The Bertz CT molecular complexity index is 1550. The van der Waals surface area contributed by atoms with Crippen LogP contribution < -0.4 is 9.47 Å². The number of methoxy groups -OCH3 is 1. The van der Waals surface area contributed by atoms with Crippen LogP contribution in [-0.2, 0) is 17.9 Å². The summed E-state index contributed by atoms with van der Waals surface area (Å²) in [6, 6.07) is 24.6. The molecule has 0 unspecified atom stereocenters. The van der Waals surface area contributed by atoms with Crippen molar-refractivity contribution in [2.24, 2.45) is 0 Å². The van der Waals surface area contributed by atoms with Crippen LogP contribution in [0.15, 0.2) is 83.8 Å². The Kier molecular flexibility index (Phi) is 7.42. The molecule has 8 heteroatoms. The fourth-order valence-electron chi connectivity index (χ4n) is 3.99. The molecule has 0 atom stereocenters. The molecule has 0 N–H and O–H groups in total. The molecular weight excluding hydrogens is 529 g/mol. The molecule has 0 bridgehead atoms. The maximum atomic E-state index is 13.1. The zero-order chi connectivity index (χ0) is 25.9. The van der Waals surface area contributed by atoms with E-state index in [1.165, 1.54) is 4.90 Å². The van der Waals surface area contributed by atoms with Gasteiger partial charge in [-0.3, -0.25) is 14.5 Å². The molecule has 0 radical (unpaired) electrons. The molecule has 4 aromatic rings. The molecule has 1 saturated heterocycles. The maximum absolute atomic E-state index is 13.1. The third kappa shape index (κ3) is 5.62. The summed E-state index contributed by atoms with van der Waals surface area (Å²) < 4.78 is 11.4. The fraction of sp³-hybridized carbons (Fsp3) is 0.103. The van der Waals surface area contributed by atoms with Crippen molar-refractivity contribution in [3.05, 3.63) is 111 Å². The van der Waals surface area contributed by atoms with Gasteiger partial charge in [-0.05, 0) is 75.6 Å². The Labute approximate surface area is 228 Å². The molecule has 2 amide bonds. The van der Waals surface area contributed by atoms with Crippen LogP contribution in [0.1, 0.15) is 16.7 Å². The molecule has 5 rings (SSSR count). The minimum atomic E-state index is -0.318. The number of hydrogen-bond donors (Lipinski definition) is 0. The van der Waals surface area contributed by atoms with E-state index < -0.39 is 0 Å². The Balaban J connectivity index is 1.30. The van der Waals surface area contributed by atoms with Crippen molar-refractivity contribution < 1.29 is 19.1 Å². The van der Waals surface area contributed by atoms with Crippen LogP contribution in [0.25, 0.3) is 16.8 Å². The second-order valence-electron chi connectivity index (χ2n) is 8.40. The molecular formula is C29H21Cl2NO4S. The smallest absolute Gasteiger partial charge is 0.293 e. The lowest BCUT2D eigenvalue weighted by Crippen LogP contribution is -2.27. The number of rotatable bonds is 7. The normalized spacial score (nSPS) is 14.6. The third-order valence-corrected chi connectivity index (χ3v) is 7.54. The first-order chi connectivity index (χ1) is 17.9. The Morgan fingerprint density at radius 1 is 0.838 bits per heavy atom. The quantitative estimate of drug-likeness (QED) is 0.219. The number of nitrogens with zero attached hydrogens (tertiary/aromatic N) is 1. The van der Waals surface area contributed by atoms with Crippen LogP contribution >= 0.6 is 35.0 Å². The van der Waals surface area contributed by atoms with Gasteiger partial charge in [-0.2, -0.15) is 0 Å². The Morgan fingerprint density at radius 2 is 1.62 bits per heavy atom. The monoisotopic (exact) mass is 549 g/mol. The number of ether oxygens (including phenoxy) is 2. The number of carbonyl (C=O) groups is 2. The average molecular weight is 550 g/mol. The Morgan fingerprint density at radius 3 is 2.41 bits per heavy atom. The van der Waals surface area contributed by atoms with Gasteiger partial charge >= 0.3 is 0 Å². The molecule has 1 fully saturated rings. The van der Waals surface area contributed by atoms with Gasteiger partial charge in [-0.25, -0.2) is 0 Å². The number of imide groups is 1. The SMILES string of the molecule is COc1cc(/C=C2\SC(=O)N(Cc3ccc4ccccc4c3)C2=O)ccc1OCc1ccc(Cl)c(Cl)c1. The second kappa shape index (κ2) is 10.9. The largest absolute Gasteiger partial charge is 0.493 e. The van der Waals surface area contributed by atoms with Gasteiger partial charge in [-0.15, -0.1) is 0 Å². The number of halogens is 2. The second-order valence-corrected chi connectivity index (χ2v) is 10.2. The first kappa shape index (κ1) is 25.2. The molecule has 1 aliphatic rings. The van der Waals surface area contributed by atoms with E-state index in [0.29, 0.717) is 26.4 Å². The molecule has 4 aromatic carbocycles. The maximum Gasteiger partial charge on any atom is 0.293 e. The van der Waals surface area contributed by atoms with Crippen molar-refractivity contribution in [2.75, 3.05) is 7.11 Å². The minimum absolute atomic E-state index is 0.220. The molecule has 1 aliphatic heterocycles. The van der Waals surface area contributed by atoms with Gasteiger partial charge in [0, 0.05) is 0 Å². The summed E-state index contributed by atoms with van der Waals surface area (Å²) in [7, 11) is 1.54. The first-order valence-electron chi connectivity index (χ1n) is 11.4. The Hall–Kier alpha value is -3.45. The van der Waals surface area contributed by atoms with Gasteiger partial charge in [-0.1, -0.05) is 71.7 Å². The van der Waals surface area contributed by atoms with Crippen LogP contribution in [0.2, 0.25) is 10.0 Å². The highest BCUT2D eigenvalue weighted by atomic mass is 35.5. The number of benzene rings is 4. The van der Waals surface area contributed by atoms with E-state index in [9.17, 15) is 9.59 Å². The highest BCUT2D eigenvalue weighted by Crippen LogP contribution is 2.36. The van der Waals surface area contributed by atoms with Gasteiger partial charge in [0.2, 0.25) is 0 Å². The molecule has 37 heavy (non-hydrogen) atoms. The van der Waals surface area contributed by atoms with Gasteiger partial charge < -0.3 is 9.47 Å². The van der Waals surface area contributed by atoms with Crippen molar-refractivity contribution in [3.8, 4) is 11.5 Å². The molecule has 0 spiro atoms. The lowest BCUT2D eigenvalue weighted by atomic mass is 10.1. The predicted molar refractivity (Wildman–Crippen MR) is 149 cm³/mol. The zero-order valence-electron chi connectivity index (χ0n) is 19.7. The molecule has 0 aromatic heterocycles. The summed E-state index contributed by atoms with van der Waals surface area (Å²) in [4.78, 5) is 27.3. The van der Waals surface area contributed by atoms with Crippen molar-refractivity contribution in [3.63, 3.8) is 0 Å². The number of thioether (sulfide) groups is 1. The summed E-state index contributed by atoms with van der Waals surface area (Å²) in [5.41, 5.74) is 2.47. The molecule has 1 heterocycles. The van der Waals surface area contributed by atoms with Crippen LogP contribution in [0.3, 0.4) is 0 Å². The average Bonchev–Trinajstić information content (AvgIpc) is 3.16. The number of hydrogen-bond acceptors (Lipinski definition) is 5. The highest BCUT2D eigenvalue weighted by Gasteiger charge is 2.35. The van der Waals surface area contributed by atoms with E-state index in [4.69, 9.17) is 32.7 Å². The van der Waals surface area contributed by atoms with Crippen LogP contribution in [-0.4, -0.2) is 23.2 Å². The number of amides is 2. The summed E-state index contributed by atoms with van der Waals surface area (Å²) >= 11 is 13.0. The third-order valence-electron chi connectivity index (χ3n) is 5.89. The summed E-state index contributed by atoms with van der Waals surface area (Å²) in [6.07, 6.45) is 1.69. The van der Waals surface area contributed by atoms with Crippen molar-refractivity contribution in [1.82, 2.24) is 4.90 Å². The molecule has 186 valence electrons. The van der Waals surface area contributed by atoms with Gasteiger partial charge in [0.1, 0.15) is 6.61 Å². The summed E-state index contributed by atoms with van der Waals surface area (Å²) in [6.45, 7) is 0.498. The van der Waals surface area contributed by atoms with Crippen LogP contribution in [0.5, 0.6) is 11.5 Å². The standard InChI is InChI=1S/C29H21Cl2NO4S/c1-35-26-14-18(8-11-25(26)36-17-20-7-10-23(30)24(31)13-20)15-27-28(33)32(29(34)37-27)16-19-6-9-21-4-2-3-5-22(21)12-19/h2-15H,16-17H2,1H3/b27-15-. The van der Waals surface area contributed by atoms with Gasteiger partial charge in [0.05, 0.1) is 28.6 Å². The summed E-state index contributed by atoms with van der Waals surface area (Å²) in [5.74, 6) is 0.724. The number of carbonyl (C=O) groups excluding carboxylic acids is 2. The number of fused-ring (bicyclic) bond motifs is 1. The lowest BCUT2D eigenvalue weighted by molar-refractivity contribution is -0.123. The topological polar surface area (TPSA) is 55.8 Å². The highest BCUT2D eigenvalue weighted by molar-refractivity contribution is 8.18. The van der Waals surface area contributed by atoms with Crippen molar-refractivity contribution in [2.45, 2.75) is 13.2 Å².